The largest absolute Gasteiger partial charge is 0.461 e. The second-order valence-corrected chi connectivity index (χ2v) is 13.2. The first-order chi connectivity index (χ1) is 21.3. The van der Waals surface area contributed by atoms with E-state index in [2.05, 4.69) is 25.1 Å². The van der Waals surface area contributed by atoms with E-state index in [4.69, 9.17) is 26.1 Å². The standard InChI is InChI=1S/C30H36ClFN6O3.C3H6/c1-3-40-28(39)36-29(2)10-5-13-37(18-29)26-22-17-33-24(20-8-4-9-21(31)16-20)23(32)25(22)34-27(35-26)41-19-30-11-6-14-38(30)15-7-12-30;1-2-3-1/h4,8-9,16-17H,3,5-7,10-15,18-19H2,1-2H3,(H,36,39);1-3H2/t29-;/m1./s1. The molecule has 0 bridgehead atoms. The molecule has 44 heavy (non-hydrogen) atoms. The van der Waals surface area contributed by atoms with Crippen molar-refractivity contribution in [1.29, 1.82) is 0 Å². The summed E-state index contributed by atoms with van der Waals surface area (Å²) in [4.78, 5) is 30.8. The zero-order valence-corrected chi connectivity index (χ0v) is 26.5. The third-order valence-corrected chi connectivity index (χ3v) is 9.29. The first-order valence-electron chi connectivity index (χ1n) is 16.0. The number of anilines is 1. The minimum absolute atomic E-state index is 0.00548. The highest BCUT2D eigenvalue weighted by Gasteiger charge is 2.45. The van der Waals surface area contributed by atoms with E-state index >= 15 is 4.39 Å². The van der Waals surface area contributed by atoms with Gasteiger partial charge < -0.3 is 19.7 Å². The van der Waals surface area contributed by atoms with Crippen LogP contribution in [0.25, 0.3) is 22.2 Å². The Morgan fingerprint density at radius 3 is 2.52 bits per heavy atom. The minimum Gasteiger partial charge on any atom is -0.461 e. The molecular weight excluding hydrogens is 583 g/mol. The van der Waals surface area contributed by atoms with Gasteiger partial charge in [-0.2, -0.15) is 9.97 Å². The summed E-state index contributed by atoms with van der Waals surface area (Å²) in [5.74, 6) is -0.0120. The van der Waals surface area contributed by atoms with E-state index in [-0.39, 0.29) is 22.8 Å². The van der Waals surface area contributed by atoms with Gasteiger partial charge in [0.25, 0.3) is 0 Å². The molecule has 7 rings (SSSR count). The highest BCUT2D eigenvalue weighted by atomic mass is 35.5. The van der Waals surface area contributed by atoms with E-state index in [0.717, 1.165) is 51.6 Å². The summed E-state index contributed by atoms with van der Waals surface area (Å²) < 4.78 is 27.7. The Hall–Kier alpha value is -3.24. The summed E-state index contributed by atoms with van der Waals surface area (Å²) in [7, 11) is 0. The molecule has 0 unspecified atom stereocenters. The van der Waals surface area contributed by atoms with Crippen LogP contribution in [-0.2, 0) is 4.74 Å². The van der Waals surface area contributed by atoms with Crippen LogP contribution in [0.15, 0.2) is 30.5 Å². The molecule has 1 aromatic carbocycles. The SMILES string of the molecule is C1CC1.CCOC(=O)N[C@]1(C)CCCN(c2nc(OCC34CCCN3CCC4)nc3c(F)c(-c4cccc(Cl)c4)ncc23)C1. The molecule has 1 saturated carbocycles. The van der Waals surface area contributed by atoms with Crippen LogP contribution in [-0.4, -0.2) is 76.4 Å². The van der Waals surface area contributed by atoms with E-state index in [1.165, 1.54) is 19.3 Å². The molecular formula is C33H42ClFN6O3. The smallest absolute Gasteiger partial charge is 0.407 e. The number of amides is 1. The maximum Gasteiger partial charge on any atom is 0.407 e. The Bertz CT molecular complexity index is 1490. The third-order valence-electron chi connectivity index (χ3n) is 9.05. The quantitative estimate of drug-likeness (QED) is 0.308. The van der Waals surface area contributed by atoms with Gasteiger partial charge in [-0.15, -0.1) is 0 Å². The predicted octanol–water partition coefficient (Wildman–Crippen LogP) is 6.77. The van der Waals surface area contributed by atoms with Gasteiger partial charge in [0, 0.05) is 29.9 Å². The molecule has 0 radical (unpaired) electrons. The molecule has 3 aromatic rings. The zero-order valence-electron chi connectivity index (χ0n) is 25.7. The number of alkyl carbamates (subject to hydrolysis) is 1. The van der Waals surface area contributed by atoms with E-state index in [1.807, 2.05) is 6.92 Å². The number of pyridine rings is 1. The van der Waals surface area contributed by atoms with Crippen molar-refractivity contribution in [3.8, 4) is 17.3 Å². The van der Waals surface area contributed by atoms with Gasteiger partial charge in [-0.25, -0.2) is 9.18 Å². The van der Waals surface area contributed by atoms with Crippen LogP contribution in [0.4, 0.5) is 15.0 Å². The van der Waals surface area contributed by atoms with Crippen molar-refractivity contribution in [2.75, 3.05) is 44.3 Å². The topological polar surface area (TPSA) is 92.7 Å². The van der Waals surface area contributed by atoms with Gasteiger partial charge in [0.2, 0.25) is 0 Å². The number of halogens is 2. The molecule has 5 heterocycles. The molecule has 0 spiro atoms. The van der Waals surface area contributed by atoms with Crippen LogP contribution in [0.5, 0.6) is 6.01 Å². The molecule has 1 aliphatic carbocycles. The van der Waals surface area contributed by atoms with Crippen molar-refractivity contribution in [3.63, 3.8) is 0 Å². The number of carbonyl (C=O) groups excluding carboxylic acids is 1. The average molecular weight is 625 g/mol. The summed E-state index contributed by atoms with van der Waals surface area (Å²) in [6, 6.07) is 7.11. The normalized spacial score (nSPS) is 22.2. The maximum atomic E-state index is 16.2. The van der Waals surface area contributed by atoms with Gasteiger partial charge >= 0.3 is 12.1 Å². The van der Waals surface area contributed by atoms with E-state index < -0.39 is 17.4 Å². The van der Waals surface area contributed by atoms with Gasteiger partial charge in [-0.3, -0.25) is 9.88 Å². The first-order valence-corrected chi connectivity index (χ1v) is 16.4. The molecule has 4 aliphatic rings. The number of aromatic nitrogens is 3. The van der Waals surface area contributed by atoms with Crippen LogP contribution in [0.1, 0.15) is 71.6 Å². The Morgan fingerprint density at radius 2 is 1.82 bits per heavy atom. The minimum atomic E-state index is -0.553. The summed E-state index contributed by atoms with van der Waals surface area (Å²) in [5, 5.41) is 3.99. The number of rotatable bonds is 7. The van der Waals surface area contributed by atoms with Gasteiger partial charge in [-0.1, -0.05) is 43.0 Å². The van der Waals surface area contributed by atoms with Gasteiger partial charge in [0.15, 0.2) is 5.82 Å². The van der Waals surface area contributed by atoms with Gasteiger partial charge in [0.05, 0.1) is 23.1 Å². The maximum absolute atomic E-state index is 16.2. The average Bonchev–Trinajstić information content (AvgIpc) is 3.75. The first kappa shape index (κ1) is 30.8. The molecule has 236 valence electrons. The summed E-state index contributed by atoms with van der Waals surface area (Å²) in [5.41, 5.74) is 0.319. The number of nitrogens with one attached hydrogen (secondary N) is 1. The van der Waals surface area contributed by atoms with Crippen molar-refractivity contribution in [3.05, 3.63) is 41.3 Å². The summed E-state index contributed by atoms with van der Waals surface area (Å²) in [6.45, 7) is 7.83. The van der Waals surface area contributed by atoms with Crippen molar-refractivity contribution in [2.24, 2.45) is 0 Å². The fraction of sp³-hybridized carbons (Fsp3) is 0.576. The van der Waals surface area contributed by atoms with Crippen LogP contribution < -0.4 is 15.0 Å². The van der Waals surface area contributed by atoms with Crippen molar-refractivity contribution >= 4 is 34.4 Å². The van der Waals surface area contributed by atoms with Crippen molar-refractivity contribution in [1.82, 2.24) is 25.2 Å². The lowest BCUT2D eigenvalue weighted by Crippen LogP contribution is -2.57. The second-order valence-electron chi connectivity index (χ2n) is 12.7. The number of carbonyl (C=O) groups is 1. The monoisotopic (exact) mass is 624 g/mol. The Balaban J connectivity index is 0.00000108. The lowest BCUT2D eigenvalue weighted by molar-refractivity contribution is 0.108. The molecule has 3 saturated heterocycles. The molecule has 2 aromatic heterocycles. The van der Waals surface area contributed by atoms with E-state index in [9.17, 15) is 4.79 Å². The molecule has 3 aliphatic heterocycles. The molecule has 1 atom stereocenters. The number of hydrogen-bond donors (Lipinski definition) is 1. The van der Waals surface area contributed by atoms with Gasteiger partial charge in [0.1, 0.15) is 23.6 Å². The number of nitrogens with zero attached hydrogens (tertiary/aromatic N) is 5. The number of fused-ring (bicyclic) bond motifs is 2. The lowest BCUT2D eigenvalue weighted by Gasteiger charge is -2.41. The number of ether oxygens (including phenoxy) is 2. The predicted molar refractivity (Wildman–Crippen MR) is 170 cm³/mol. The fourth-order valence-corrected chi connectivity index (χ4v) is 6.95. The molecule has 1 N–H and O–H groups in total. The van der Waals surface area contributed by atoms with Crippen molar-refractivity contribution in [2.45, 2.75) is 82.7 Å². The fourth-order valence-electron chi connectivity index (χ4n) is 6.76. The van der Waals surface area contributed by atoms with Crippen LogP contribution in [0.2, 0.25) is 5.02 Å². The highest BCUT2D eigenvalue weighted by molar-refractivity contribution is 6.30. The van der Waals surface area contributed by atoms with Crippen LogP contribution in [0, 0.1) is 5.82 Å². The third kappa shape index (κ3) is 6.71. The molecule has 9 nitrogen and oxygen atoms in total. The highest BCUT2D eigenvalue weighted by Crippen LogP contribution is 2.40. The number of piperidine rings is 1. The number of hydrogen-bond acceptors (Lipinski definition) is 8. The van der Waals surface area contributed by atoms with Crippen LogP contribution in [0.3, 0.4) is 0 Å². The lowest BCUT2D eigenvalue weighted by atomic mass is 9.91. The van der Waals surface area contributed by atoms with E-state index in [1.54, 1.807) is 37.4 Å². The Morgan fingerprint density at radius 1 is 1.07 bits per heavy atom. The van der Waals surface area contributed by atoms with Crippen LogP contribution >= 0.6 is 11.6 Å². The number of benzene rings is 1. The molecule has 11 heteroatoms. The second kappa shape index (κ2) is 13.0. The summed E-state index contributed by atoms with van der Waals surface area (Å²) in [6.07, 6.45) is 11.7. The van der Waals surface area contributed by atoms with E-state index in [0.29, 0.717) is 48.1 Å². The molecule has 1 amide bonds. The van der Waals surface area contributed by atoms with Gasteiger partial charge in [-0.05, 0) is 77.6 Å². The molecule has 4 fully saturated rings. The Kier molecular flexibility index (Phi) is 9.10. The van der Waals surface area contributed by atoms with Crippen molar-refractivity contribution < 1.29 is 18.7 Å². The zero-order chi connectivity index (χ0) is 30.7. The Labute approximate surface area is 263 Å². The summed E-state index contributed by atoms with van der Waals surface area (Å²) >= 11 is 6.20.